The summed E-state index contributed by atoms with van der Waals surface area (Å²) < 4.78 is 0.906. The number of halogens is 1. The van der Waals surface area contributed by atoms with Gasteiger partial charge in [0.1, 0.15) is 5.52 Å². The number of hydrogen-bond acceptors (Lipinski definition) is 5. The molecule has 0 atom stereocenters. The smallest absolute Gasteiger partial charge is 0.195 e. The van der Waals surface area contributed by atoms with Crippen LogP contribution in [0.1, 0.15) is 6.42 Å². The highest BCUT2D eigenvalue weighted by molar-refractivity contribution is 9.10. The first kappa shape index (κ1) is 11.4. The molecule has 92 valence electrons. The molecular formula is C12H12BrN5. The van der Waals surface area contributed by atoms with Gasteiger partial charge in [-0.25, -0.2) is 0 Å². The Balaban J connectivity index is 1.97. The molecule has 0 saturated heterocycles. The van der Waals surface area contributed by atoms with Crippen LogP contribution in [0.2, 0.25) is 0 Å². The van der Waals surface area contributed by atoms with Crippen LogP contribution in [0.15, 0.2) is 34.0 Å². The lowest BCUT2D eigenvalue weighted by Gasteiger charge is -2.17. The molecule has 0 unspecified atom stereocenters. The van der Waals surface area contributed by atoms with Crippen molar-refractivity contribution in [3.05, 3.63) is 29.0 Å². The molecule has 6 heteroatoms. The summed E-state index contributed by atoms with van der Waals surface area (Å²) in [6.45, 7) is 1.82. The van der Waals surface area contributed by atoms with Gasteiger partial charge in [0.25, 0.3) is 0 Å². The Bertz CT molecular complexity index is 610. The van der Waals surface area contributed by atoms with E-state index in [2.05, 4.69) is 41.5 Å². The average molecular weight is 306 g/mol. The fourth-order valence-electron chi connectivity index (χ4n) is 1.84. The minimum atomic E-state index is 0.810. The van der Waals surface area contributed by atoms with Crippen molar-refractivity contribution < 1.29 is 0 Å². The fraction of sp³-hybridized carbons (Fsp3) is 0.250. The number of nitrogens with one attached hydrogen (secondary N) is 2. The number of aliphatic imine (C=N–C) groups is 1. The highest BCUT2D eigenvalue weighted by atomic mass is 79.9. The van der Waals surface area contributed by atoms with Gasteiger partial charge in [0.15, 0.2) is 5.96 Å². The van der Waals surface area contributed by atoms with E-state index in [1.165, 1.54) is 0 Å². The molecule has 0 fully saturated rings. The van der Waals surface area contributed by atoms with Crippen molar-refractivity contribution in [1.29, 1.82) is 0 Å². The third-order valence-corrected chi connectivity index (χ3v) is 3.53. The van der Waals surface area contributed by atoms with Gasteiger partial charge >= 0.3 is 0 Å². The Hall–Kier alpha value is -1.69. The Morgan fingerprint density at radius 2 is 2.11 bits per heavy atom. The molecule has 0 amide bonds. The van der Waals surface area contributed by atoms with E-state index in [0.29, 0.717) is 0 Å². The van der Waals surface area contributed by atoms with Gasteiger partial charge in [0, 0.05) is 25.5 Å². The molecule has 1 aromatic carbocycles. The van der Waals surface area contributed by atoms with Crippen molar-refractivity contribution in [2.24, 2.45) is 4.99 Å². The molecule has 1 aromatic heterocycles. The van der Waals surface area contributed by atoms with E-state index in [4.69, 9.17) is 0 Å². The van der Waals surface area contributed by atoms with Crippen LogP contribution in [0.25, 0.3) is 11.0 Å². The first-order valence-corrected chi connectivity index (χ1v) is 6.58. The van der Waals surface area contributed by atoms with Crippen LogP contribution in [-0.4, -0.2) is 29.0 Å². The summed E-state index contributed by atoms with van der Waals surface area (Å²) in [4.78, 5) is 13.0. The second-order valence-electron chi connectivity index (χ2n) is 3.99. The number of guanidine groups is 1. The van der Waals surface area contributed by atoms with Gasteiger partial charge in [-0.3, -0.25) is 15.0 Å². The van der Waals surface area contributed by atoms with Crippen LogP contribution in [0.3, 0.4) is 0 Å². The fourth-order valence-corrected chi connectivity index (χ4v) is 2.38. The molecule has 0 aliphatic carbocycles. The molecule has 1 aliphatic rings. The van der Waals surface area contributed by atoms with Crippen molar-refractivity contribution in [3.63, 3.8) is 0 Å². The Kier molecular flexibility index (Phi) is 3.10. The van der Waals surface area contributed by atoms with E-state index in [1.807, 2.05) is 12.1 Å². The van der Waals surface area contributed by atoms with Crippen molar-refractivity contribution in [3.8, 4) is 0 Å². The lowest BCUT2D eigenvalue weighted by molar-refractivity contribution is 0.740. The second-order valence-corrected chi connectivity index (χ2v) is 4.78. The number of rotatable bonds is 1. The van der Waals surface area contributed by atoms with Crippen LogP contribution in [-0.2, 0) is 0 Å². The largest absolute Gasteiger partial charge is 0.356 e. The molecule has 0 saturated carbocycles. The first-order chi connectivity index (χ1) is 8.84. The van der Waals surface area contributed by atoms with Crippen LogP contribution in [0.4, 0.5) is 5.69 Å². The summed E-state index contributed by atoms with van der Waals surface area (Å²) in [6, 6.07) is 3.92. The maximum atomic E-state index is 4.38. The van der Waals surface area contributed by atoms with E-state index in [0.717, 1.165) is 46.7 Å². The molecule has 2 heterocycles. The third-order valence-electron chi connectivity index (χ3n) is 2.73. The van der Waals surface area contributed by atoms with E-state index in [1.54, 1.807) is 12.4 Å². The normalized spacial score (nSPS) is 15.1. The van der Waals surface area contributed by atoms with E-state index >= 15 is 0 Å². The van der Waals surface area contributed by atoms with Crippen molar-refractivity contribution in [2.75, 3.05) is 18.4 Å². The van der Waals surface area contributed by atoms with Gasteiger partial charge in [-0.05, 0) is 34.5 Å². The molecule has 2 aromatic rings. The summed E-state index contributed by atoms with van der Waals surface area (Å²) >= 11 is 3.56. The molecule has 5 nitrogen and oxygen atoms in total. The summed E-state index contributed by atoms with van der Waals surface area (Å²) in [5, 5.41) is 6.49. The second kappa shape index (κ2) is 4.89. The van der Waals surface area contributed by atoms with E-state index < -0.39 is 0 Å². The maximum Gasteiger partial charge on any atom is 0.195 e. The predicted octanol–water partition coefficient (Wildman–Crippen LogP) is 2.15. The van der Waals surface area contributed by atoms with Crippen LogP contribution >= 0.6 is 15.9 Å². The minimum absolute atomic E-state index is 0.810. The molecule has 1 aliphatic heterocycles. The number of nitrogens with zero attached hydrogens (tertiary/aromatic N) is 3. The SMILES string of the molecule is Brc1c(NC2=NCCCN2)ccc2nccnc12. The van der Waals surface area contributed by atoms with Crippen LogP contribution < -0.4 is 10.6 Å². The Morgan fingerprint density at radius 1 is 1.22 bits per heavy atom. The van der Waals surface area contributed by atoms with E-state index in [9.17, 15) is 0 Å². The summed E-state index contributed by atoms with van der Waals surface area (Å²) in [7, 11) is 0. The van der Waals surface area contributed by atoms with Crippen molar-refractivity contribution in [1.82, 2.24) is 15.3 Å². The van der Waals surface area contributed by atoms with Gasteiger partial charge in [-0.1, -0.05) is 0 Å². The monoisotopic (exact) mass is 305 g/mol. The summed E-state index contributed by atoms with van der Waals surface area (Å²) in [6.07, 6.45) is 4.46. The zero-order valence-corrected chi connectivity index (χ0v) is 11.2. The zero-order chi connectivity index (χ0) is 12.4. The van der Waals surface area contributed by atoms with Gasteiger partial charge in [-0.2, -0.15) is 0 Å². The van der Waals surface area contributed by atoms with Crippen molar-refractivity contribution >= 4 is 38.6 Å². The third kappa shape index (κ3) is 2.15. The molecule has 0 bridgehead atoms. The maximum absolute atomic E-state index is 4.38. The molecular weight excluding hydrogens is 294 g/mol. The van der Waals surface area contributed by atoms with Crippen molar-refractivity contribution in [2.45, 2.75) is 6.42 Å². The topological polar surface area (TPSA) is 62.2 Å². The molecule has 0 spiro atoms. The standard InChI is InChI=1S/C12H12BrN5/c13-10-8(18-12-16-4-1-5-17-12)2-3-9-11(10)15-7-6-14-9/h2-3,6-7H,1,4-5H2,(H2,16,17,18). The number of benzene rings is 1. The predicted molar refractivity (Wildman–Crippen MR) is 75.8 cm³/mol. The number of hydrogen-bond donors (Lipinski definition) is 2. The number of anilines is 1. The summed E-state index contributed by atoms with van der Waals surface area (Å²) in [5.74, 6) is 0.810. The number of fused-ring (bicyclic) bond motifs is 1. The van der Waals surface area contributed by atoms with Gasteiger partial charge < -0.3 is 10.6 Å². The van der Waals surface area contributed by atoms with Gasteiger partial charge in [0.05, 0.1) is 15.7 Å². The lowest BCUT2D eigenvalue weighted by Crippen LogP contribution is -2.35. The minimum Gasteiger partial charge on any atom is -0.356 e. The van der Waals surface area contributed by atoms with Gasteiger partial charge in [0.2, 0.25) is 0 Å². The lowest BCUT2D eigenvalue weighted by atomic mass is 10.2. The average Bonchev–Trinajstić information content (AvgIpc) is 2.43. The summed E-state index contributed by atoms with van der Waals surface area (Å²) in [5.41, 5.74) is 2.66. The molecule has 18 heavy (non-hydrogen) atoms. The number of aromatic nitrogens is 2. The van der Waals surface area contributed by atoms with E-state index in [-0.39, 0.29) is 0 Å². The highest BCUT2D eigenvalue weighted by Crippen LogP contribution is 2.28. The highest BCUT2D eigenvalue weighted by Gasteiger charge is 2.10. The van der Waals surface area contributed by atoms with Gasteiger partial charge in [-0.15, -0.1) is 0 Å². The Morgan fingerprint density at radius 3 is 2.94 bits per heavy atom. The first-order valence-electron chi connectivity index (χ1n) is 5.79. The molecule has 3 rings (SSSR count). The Labute approximate surface area is 113 Å². The van der Waals surface area contributed by atoms with Crippen LogP contribution in [0, 0.1) is 0 Å². The molecule has 0 radical (unpaired) electrons. The molecule has 2 N–H and O–H groups in total. The zero-order valence-electron chi connectivity index (χ0n) is 9.65. The van der Waals surface area contributed by atoms with Crippen LogP contribution in [0.5, 0.6) is 0 Å². The quantitative estimate of drug-likeness (QED) is 0.847.